The Morgan fingerprint density at radius 1 is 1.04 bits per heavy atom. The number of nitrogens with zero attached hydrogens (tertiary/aromatic N) is 5. The number of imidazole rings is 1. The molecule has 0 aliphatic rings. The summed E-state index contributed by atoms with van der Waals surface area (Å²) in [6, 6.07) is 12.1. The lowest BCUT2D eigenvalue weighted by atomic mass is 10.1. The Morgan fingerprint density at radius 2 is 1.88 bits per heavy atom. The van der Waals surface area contributed by atoms with Crippen molar-refractivity contribution in [3.8, 4) is 11.4 Å². The fourth-order valence-electron chi connectivity index (χ4n) is 2.60. The van der Waals surface area contributed by atoms with Crippen LogP contribution in [0.5, 0.6) is 0 Å². The van der Waals surface area contributed by atoms with E-state index in [0.29, 0.717) is 22.7 Å². The van der Waals surface area contributed by atoms with E-state index in [-0.39, 0.29) is 17.9 Å². The number of fused-ring (bicyclic) bond motifs is 1. The Bertz CT molecular complexity index is 1100. The zero-order valence-electron chi connectivity index (χ0n) is 13.1. The van der Waals surface area contributed by atoms with Crippen molar-refractivity contribution in [2.24, 2.45) is 0 Å². The van der Waals surface area contributed by atoms with Crippen molar-refractivity contribution in [3.63, 3.8) is 0 Å². The summed E-state index contributed by atoms with van der Waals surface area (Å²) in [7, 11) is 0. The van der Waals surface area contributed by atoms with E-state index in [4.69, 9.17) is 0 Å². The number of rotatable bonds is 4. The molecule has 3 aromatic heterocycles. The van der Waals surface area contributed by atoms with Crippen LogP contribution in [0.3, 0.4) is 0 Å². The van der Waals surface area contributed by atoms with E-state index >= 15 is 0 Å². The average Bonchev–Trinajstić information content (AvgIpc) is 3.06. The average molecular weight is 331 g/mol. The predicted octanol–water partition coefficient (Wildman–Crippen LogP) is 1.84. The van der Waals surface area contributed by atoms with Gasteiger partial charge in [-0.15, -0.1) is 0 Å². The van der Waals surface area contributed by atoms with E-state index in [9.17, 15) is 9.59 Å². The number of hydrogen-bond acceptors (Lipinski definition) is 5. The largest absolute Gasteiger partial charge is 0.309 e. The lowest BCUT2D eigenvalue weighted by Gasteiger charge is -2.05. The molecule has 0 saturated heterocycles. The summed E-state index contributed by atoms with van der Waals surface area (Å²) in [4.78, 5) is 37.2. The first-order valence-electron chi connectivity index (χ1n) is 7.65. The highest BCUT2D eigenvalue weighted by molar-refractivity contribution is 5.96. The second-order valence-corrected chi connectivity index (χ2v) is 5.46. The third-order valence-electron chi connectivity index (χ3n) is 3.84. The highest BCUT2D eigenvalue weighted by Crippen LogP contribution is 2.13. The Morgan fingerprint density at radius 3 is 2.64 bits per heavy atom. The smallest absolute Gasteiger partial charge is 0.259 e. The van der Waals surface area contributed by atoms with Gasteiger partial charge in [0.25, 0.3) is 5.56 Å². The second-order valence-electron chi connectivity index (χ2n) is 5.46. The Kier molecular flexibility index (Phi) is 3.66. The van der Waals surface area contributed by atoms with Crippen LogP contribution in [0.15, 0.2) is 72.2 Å². The first-order chi connectivity index (χ1) is 12.2. The molecule has 122 valence electrons. The minimum absolute atomic E-state index is 0.0552. The number of aromatic nitrogens is 5. The van der Waals surface area contributed by atoms with Gasteiger partial charge in [-0.2, -0.15) is 0 Å². The molecular formula is C18H13N5O2. The molecule has 0 atom stereocenters. The second kappa shape index (κ2) is 6.12. The summed E-state index contributed by atoms with van der Waals surface area (Å²) in [5.74, 6) is 0.339. The van der Waals surface area contributed by atoms with Crippen LogP contribution in [0.2, 0.25) is 0 Å². The molecule has 0 radical (unpaired) electrons. The van der Waals surface area contributed by atoms with Gasteiger partial charge >= 0.3 is 0 Å². The van der Waals surface area contributed by atoms with Crippen LogP contribution >= 0.6 is 0 Å². The number of ketones is 1. The third-order valence-corrected chi connectivity index (χ3v) is 3.84. The first kappa shape index (κ1) is 14.9. The highest BCUT2D eigenvalue weighted by Gasteiger charge is 2.12. The lowest BCUT2D eigenvalue weighted by Crippen LogP contribution is -2.16. The molecule has 3 heterocycles. The molecule has 4 aromatic rings. The molecular weight excluding hydrogens is 318 g/mol. The highest BCUT2D eigenvalue weighted by atomic mass is 16.1. The lowest BCUT2D eigenvalue weighted by molar-refractivity contribution is 0.0973. The van der Waals surface area contributed by atoms with Crippen LogP contribution in [0.25, 0.3) is 17.2 Å². The van der Waals surface area contributed by atoms with E-state index in [1.54, 1.807) is 41.4 Å². The third kappa shape index (κ3) is 2.83. The fourth-order valence-corrected chi connectivity index (χ4v) is 2.60. The van der Waals surface area contributed by atoms with Crippen LogP contribution < -0.4 is 5.56 Å². The fraction of sp³-hybridized carbons (Fsp3) is 0.0556. The summed E-state index contributed by atoms with van der Waals surface area (Å²) in [5, 5.41) is 0. The van der Waals surface area contributed by atoms with Crippen molar-refractivity contribution in [3.05, 3.63) is 83.3 Å². The standard InChI is InChI=1S/C18H13N5O2/c24-16(13-4-2-1-3-5-13)11-22-8-9-23-17(25)10-15(21-18(22)23)14-6-7-19-12-20-14/h1-10,12H,11H2. The summed E-state index contributed by atoms with van der Waals surface area (Å²) >= 11 is 0. The minimum Gasteiger partial charge on any atom is -0.309 e. The van der Waals surface area contributed by atoms with Crippen molar-refractivity contribution < 1.29 is 4.79 Å². The van der Waals surface area contributed by atoms with Gasteiger partial charge in [-0.25, -0.2) is 15.0 Å². The van der Waals surface area contributed by atoms with E-state index in [2.05, 4.69) is 15.0 Å². The zero-order valence-corrected chi connectivity index (χ0v) is 13.1. The number of benzene rings is 1. The van der Waals surface area contributed by atoms with Gasteiger partial charge in [0.2, 0.25) is 5.78 Å². The molecule has 0 aliphatic carbocycles. The van der Waals surface area contributed by atoms with E-state index in [1.165, 1.54) is 16.8 Å². The molecule has 0 spiro atoms. The molecule has 0 unspecified atom stereocenters. The molecule has 0 N–H and O–H groups in total. The van der Waals surface area contributed by atoms with Gasteiger partial charge < -0.3 is 4.57 Å². The van der Waals surface area contributed by atoms with E-state index < -0.39 is 0 Å². The molecule has 4 rings (SSSR count). The molecule has 0 saturated carbocycles. The topological polar surface area (TPSA) is 82.2 Å². The van der Waals surface area contributed by atoms with Crippen molar-refractivity contribution >= 4 is 11.6 Å². The van der Waals surface area contributed by atoms with Crippen molar-refractivity contribution in [1.82, 2.24) is 23.9 Å². The molecule has 0 amide bonds. The van der Waals surface area contributed by atoms with Crippen LogP contribution in [0.4, 0.5) is 0 Å². The summed E-state index contributed by atoms with van der Waals surface area (Å²) in [5.41, 5.74) is 1.38. The maximum absolute atomic E-state index is 12.4. The zero-order chi connectivity index (χ0) is 17.2. The Hall–Kier alpha value is -3.61. The summed E-state index contributed by atoms with van der Waals surface area (Å²) in [6.07, 6.45) is 6.27. The van der Waals surface area contributed by atoms with Gasteiger partial charge in [0.15, 0.2) is 5.78 Å². The maximum Gasteiger partial charge on any atom is 0.259 e. The van der Waals surface area contributed by atoms with Gasteiger partial charge in [-0.1, -0.05) is 30.3 Å². The molecule has 0 aliphatic heterocycles. The molecule has 25 heavy (non-hydrogen) atoms. The molecule has 0 fully saturated rings. The van der Waals surface area contributed by atoms with Crippen LogP contribution in [0, 0.1) is 0 Å². The van der Waals surface area contributed by atoms with Crippen molar-refractivity contribution in [2.45, 2.75) is 6.54 Å². The maximum atomic E-state index is 12.4. The normalized spacial score (nSPS) is 10.9. The van der Waals surface area contributed by atoms with Crippen molar-refractivity contribution in [1.29, 1.82) is 0 Å². The molecule has 7 heteroatoms. The molecule has 1 aromatic carbocycles. The van der Waals surface area contributed by atoms with E-state index in [1.807, 2.05) is 18.2 Å². The Balaban J connectivity index is 1.77. The first-order valence-corrected chi connectivity index (χ1v) is 7.65. The number of Topliss-reactive ketones (excluding diaryl/α,β-unsaturated/α-hetero) is 1. The van der Waals surface area contributed by atoms with Crippen molar-refractivity contribution in [2.75, 3.05) is 0 Å². The quantitative estimate of drug-likeness (QED) is 0.533. The Labute approximate surface area is 142 Å². The van der Waals surface area contributed by atoms with Gasteiger partial charge in [-0.3, -0.25) is 14.0 Å². The number of hydrogen-bond donors (Lipinski definition) is 0. The summed E-state index contributed by atoms with van der Waals surface area (Å²) < 4.78 is 3.06. The van der Waals surface area contributed by atoms with Gasteiger partial charge in [0.1, 0.15) is 6.33 Å². The number of carbonyl (C=O) groups excluding carboxylic acids is 1. The summed E-state index contributed by atoms with van der Waals surface area (Å²) in [6.45, 7) is 0.0974. The SMILES string of the molecule is O=C(Cn1ccn2c(=O)cc(-c3ccncn3)nc12)c1ccccc1. The predicted molar refractivity (Wildman–Crippen MR) is 91.3 cm³/mol. The van der Waals surface area contributed by atoms with Gasteiger partial charge in [0.05, 0.1) is 17.9 Å². The van der Waals surface area contributed by atoms with Gasteiger partial charge in [0, 0.05) is 30.2 Å². The molecule has 0 bridgehead atoms. The monoisotopic (exact) mass is 331 g/mol. The van der Waals surface area contributed by atoms with Crippen LogP contribution in [0.1, 0.15) is 10.4 Å². The van der Waals surface area contributed by atoms with E-state index in [0.717, 1.165) is 0 Å². The number of carbonyl (C=O) groups is 1. The van der Waals surface area contributed by atoms with Gasteiger partial charge in [-0.05, 0) is 6.07 Å². The van der Waals surface area contributed by atoms with Crippen LogP contribution in [-0.4, -0.2) is 29.7 Å². The van der Waals surface area contributed by atoms with Crippen LogP contribution in [-0.2, 0) is 6.54 Å². The molecule has 7 nitrogen and oxygen atoms in total. The minimum atomic E-state index is -0.232.